The number of hydrogen-bond acceptors (Lipinski definition) is 6. The van der Waals surface area contributed by atoms with Crippen molar-refractivity contribution in [3.63, 3.8) is 0 Å². The lowest BCUT2D eigenvalue weighted by molar-refractivity contribution is 0.0616. The zero-order chi connectivity index (χ0) is 18.5. The van der Waals surface area contributed by atoms with Crippen LogP contribution < -0.4 is 10.5 Å². The first-order chi connectivity index (χ1) is 12.6. The van der Waals surface area contributed by atoms with Crippen molar-refractivity contribution in [1.29, 1.82) is 0 Å². The highest BCUT2D eigenvalue weighted by atomic mass is 32.1. The fraction of sp³-hybridized carbons (Fsp3) is 0.263. The van der Waals surface area contributed by atoms with Gasteiger partial charge >= 0.3 is 0 Å². The Morgan fingerprint density at radius 3 is 2.65 bits per heavy atom. The molecule has 0 unspecified atom stereocenters. The van der Waals surface area contributed by atoms with Crippen molar-refractivity contribution in [1.82, 2.24) is 4.98 Å². The van der Waals surface area contributed by atoms with Crippen LogP contribution in [0.5, 0.6) is 11.5 Å². The molecule has 1 aromatic carbocycles. The molecular weight excluding hydrogens is 352 g/mol. The van der Waals surface area contributed by atoms with Gasteiger partial charge in [0.2, 0.25) is 0 Å². The van der Waals surface area contributed by atoms with Crippen LogP contribution in [0.1, 0.15) is 20.8 Å². The number of aromatic nitrogens is 1. The van der Waals surface area contributed by atoms with Crippen molar-refractivity contribution in [2.45, 2.75) is 13.5 Å². The number of fused-ring (bicyclic) bond motifs is 1. The van der Waals surface area contributed by atoms with Crippen LogP contribution in [0.25, 0.3) is 10.1 Å². The molecule has 0 atom stereocenters. The van der Waals surface area contributed by atoms with Gasteiger partial charge in [0.05, 0.1) is 35.6 Å². The highest BCUT2D eigenvalue weighted by Crippen LogP contribution is 2.37. The molecule has 0 aliphatic carbocycles. The van der Waals surface area contributed by atoms with Gasteiger partial charge in [0.1, 0.15) is 5.75 Å². The lowest BCUT2D eigenvalue weighted by Crippen LogP contribution is -2.09. The number of amides is 1. The second-order valence-corrected chi connectivity index (χ2v) is 6.77. The van der Waals surface area contributed by atoms with Gasteiger partial charge in [0, 0.05) is 18.7 Å². The smallest absolute Gasteiger partial charge is 0.259 e. The molecule has 0 saturated heterocycles. The zero-order valence-electron chi connectivity index (χ0n) is 14.7. The summed E-state index contributed by atoms with van der Waals surface area (Å²) in [6.07, 6.45) is 3.36. The van der Waals surface area contributed by atoms with E-state index in [4.69, 9.17) is 19.9 Å². The van der Waals surface area contributed by atoms with E-state index in [2.05, 4.69) is 4.98 Å². The van der Waals surface area contributed by atoms with Gasteiger partial charge in [-0.1, -0.05) is 12.1 Å². The number of hydrogen-bond donors (Lipinski definition) is 1. The molecule has 2 heterocycles. The van der Waals surface area contributed by atoms with E-state index in [1.807, 2.05) is 31.2 Å². The number of rotatable bonds is 8. The summed E-state index contributed by atoms with van der Waals surface area (Å²) in [5.74, 6) is 0.853. The highest BCUT2D eigenvalue weighted by Gasteiger charge is 2.17. The summed E-state index contributed by atoms with van der Waals surface area (Å²) in [4.78, 5) is 16.3. The van der Waals surface area contributed by atoms with Crippen LogP contribution >= 0.6 is 11.3 Å². The highest BCUT2D eigenvalue weighted by molar-refractivity contribution is 7.21. The van der Waals surface area contributed by atoms with Crippen LogP contribution in [0.2, 0.25) is 0 Å². The summed E-state index contributed by atoms with van der Waals surface area (Å²) in [5, 5.41) is 0.866. The number of thiophene rings is 1. The fourth-order valence-electron chi connectivity index (χ4n) is 2.60. The summed E-state index contributed by atoms with van der Waals surface area (Å²) < 4.78 is 17.3. The monoisotopic (exact) mass is 372 g/mol. The summed E-state index contributed by atoms with van der Waals surface area (Å²) >= 11 is 1.33. The third-order valence-corrected chi connectivity index (χ3v) is 5.12. The first-order valence-electron chi connectivity index (χ1n) is 8.10. The Kier molecular flexibility index (Phi) is 5.82. The normalized spacial score (nSPS) is 11.0. The van der Waals surface area contributed by atoms with Crippen LogP contribution in [0.15, 0.2) is 36.7 Å². The predicted molar refractivity (Wildman–Crippen MR) is 101 cm³/mol. The number of nitrogens with zero attached hydrogens (tertiary/aromatic N) is 1. The third-order valence-electron chi connectivity index (χ3n) is 3.88. The van der Waals surface area contributed by atoms with E-state index < -0.39 is 5.91 Å². The molecule has 2 aromatic heterocycles. The summed E-state index contributed by atoms with van der Waals surface area (Å²) in [7, 11) is 1.65. The molecule has 26 heavy (non-hydrogen) atoms. The number of nitrogens with two attached hydrogens (primary N) is 1. The van der Waals surface area contributed by atoms with E-state index in [9.17, 15) is 4.79 Å². The van der Waals surface area contributed by atoms with Gasteiger partial charge in [-0.3, -0.25) is 9.78 Å². The van der Waals surface area contributed by atoms with Crippen LogP contribution in [0.4, 0.5) is 0 Å². The number of benzene rings is 1. The predicted octanol–water partition coefficient (Wildman–Crippen LogP) is 3.66. The molecule has 0 saturated carbocycles. The lowest BCUT2D eigenvalue weighted by Gasteiger charge is -2.09. The molecule has 7 heteroatoms. The fourth-order valence-corrected chi connectivity index (χ4v) is 3.64. The molecular formula is C19H20N2O4S. The molecule has 136 valence electrons. The quantitative estimate of drug-likeness (QED) is 0.610. The van der Waals surface area contributed by atoms with Crippen molar-refractivity contribution in [2.75, 3.05) is 20.3 Å². The maximum absolute atomic E-state index is 11.6. The molecule has 3 aromatic rings. The van der Waals surface area contributed by atoms with E-state index in [0.29, 0.717) is 36.2 Å². The minimum atomic E-state index is -0.438. The van der Waals surface area contributed by atoms with Gasteiger partial charge in [0.25, 0.3) is 5.91 Å². The molecule has 1 amide bonds. The average molecular weight is 372 g/mol. The molecule has 3 rings (SSSR count). The number of pyridine rings is 1. The molecule has 0 aliphatic rings. The first kappa shape index (κ1) is 18.3. The molecule has 0 bridgehead atoms. The van der Waals surface area contributed by atoms with Gasteiger partial charge in [0.15, 0.2) is 5.75 Å². The van der Waals surface area contributed by atoms with Crippen molar-refractivity contribution in [2.24, 2.45) is 5.73 Å². The minimum Gasteiger partial charge on any atom is -0.455 e. The SMILES string of the molecule is COCCOCc1ccc(Oc2cncc3sc(C(N)=O)c(C)c23)cc1. The Hall–Kier alpha value is -2.48. The topological polar surface area (TPSA) is 83.7 Å². The average Bonchev–Trinajstić information content (AvgIpc) is 2.98. The molecule has 2 N–H and O–H groups in total. The van der Waals surface area contributed by atoms with E-state index in [-0.39, 0.29) is 0 Å². The Morgan fingerprint density at radius 1 is 1.19 bits per heavy atom. The van der Waals surface area contributed by atoms with Gasteiger partial charge in [-0.15, -0.1) is 11.3 Å². The van der Waals surface area contributed by atoms with Crippen molar-refractivity contribution in [3.05, 3.63) is 52.7 Å². The van der Waals surface area contributed by atoms with Crippen molar-refractivity contribution < 1.29 is 19.0 Å². The number of carbonyl (C=O) groups excluding carboxylic acids is 1. The lowest BCUT2D eigenvalue weighted by atomic mass is 10.1. The number of primary amides is 1. The molecule has 0 spiro atoms. The van der Waals surface area contributed by atoms with E-state index in [1.165, 1.54) is 11.3 Å². The molecule has 0 aliphatic heterocycles. The van der Waals surface area contributed by atoms with Crippen molar-refractivity contribution in [3.8, 4) is 11.5 Å². The van der Waals surface area contributed by atoms with Gasteiger partial charge < -0.3 is 19.9 Å². The number of carbonyl (C=O) groups is 1. The summed E-state index contributed by atoms with van der Waals surface area (Å²) in [5.41, 5.74) is 7.31. The summed E-state index contributed by atoms with van der Waals surface area (Å²) in [6.45, 7) is 3.52. The molecule has 6 nitrogen and oxygen atoms in total. The Balaban J connectivity index is 1.77. The maximum atomic E-state index is 11.6. The van der Waals surface area contributed by atoms with Crippen molar-refractivity contribution >= 4 is 27.3 Å². The second kappa shape index (κ2) is 8.27. The van der Waals surface area contributed by atoms with Gasteiger partial charge in [-0.05, 0) is 30.2 Å². The minimum absolute atomic E-state index is 0.438. The number of methoxy groups -OCH3 is 1. The van der Waals surface area contributed by atoms with Crippen LogP contribution in [0.3, 0.4) is 0 Å². The van der Waals surface area contributed by atoms with E-state index >= 15 is 0 Å². The largest absolute Gasteiger partial charge is 0.455 e. The van der Waals surface area contributed by atoms with Crippen LogP contribution in [-0.4, -0.2) is 31.2 Å². The van der Waals surface area contributed by atoms with Crippen LogP contribution in [-0.2, 0) is 16.1 Å². The summed E-state index contributed by atoms with van der Waals surface area (Å²) in [6, 6.07) is 7.66. The molecule has 0 radical (unpaired) electrons. The molecule has 0 fully saturated rings. The van der Waals surface area contributed by atoms with E-state index in [0.717, 1.165) is 21.2 Å². The Bertz CT molecular complexity index is 906. The number of aryl methyl sites for hydroxylation is 1. The van der Waals surface area contributed by atoms with Gasteiger partial charge in [-0.2, -0.15) is 0 Å². The Morgan fingerprint density at radius 2 is 1.96 bits per heavy atom. The third kappa shape index (κ3) is 4.01. The standard InChI is InChI=1S/C19H20N2O4S/c1-12-17-15(9-21-10-16(17)26-18(12)19(20)22)25-14-5-3-13(4-6-14)11-24-8-7-23-2/h3-6,9-10H,7-8,11H2,1-2H3,(H2,20,22). The second-order valence-electron chi connectivity index (χ2n) is 5.72. The first-order valence-corrected chi connectivity index (χ1v) is 8.92. The maximum Gasteiger partial charge on any atom is 0.259 e. The Labute approximate surface area is 155 Å². The van der Waals surface area contributed by atoms with Crippen LogP contribution in [0, 0.1) is 6.92 Å². The van der Waals surface area contributed by atoms with E-state index in [1.54, 1.807) is 19.5 Å². The zero-order valence-corrected chi connectivity index (χ0v) is 15.5. The number of ether oxygens (including phenoxy) is 3. The van der Waals surface area contributed by atoms with Gasteiger partial charge in [-0.25, -0.2) is 0 Å².